The van der Waals surface area contributed by atoms with Crippen LogP contribution in [0.3, 0.4) is 0 Å². The van der Waals surface area contributed by atoms with Crippen molar-refractivity contribution in [2.24, 2.45) is 0 Å². The molecule has 0 bridgehead atoms. The molecule has 1 aromatic rings. The van der Waals surface area contributed by atoms with Crippen LogP contribution in [0.15, 0.2) is 24.3 Å². The van der Waals surface area contributed by atoms with Gasteiger partial charge in [-0.1, -0.05) is 6.07 Å². The standard InChI is InChI=1S/C14H16N2O2/c15-11-12-4-1-5-13(10-12)18-9-3-8-16-7-2-6-14(16)17/h1,4-5,10H,2-3,6-9H2. The van der Waals surface area contributed by atoms with E-state index >= 15 is 0 Å². The Hall–Kier alpha value is -2.02. The summed E-state index contributed by atoms with van der Waals surface area (Å²) in [6.45, 7) is 2.21. The highest BCUT2D eigenvalue weighted by Gasteiger charge is 2.18. The van der Waals surface area contributed by atoms with Crippen LogP contribution < -0.4 is 4.74 Å². The number of hydrogen-bond acceptors (Lipinski definition) is 3. The molecule has 1 heterocycles. The van der Waals surface area contributed by atoms with Crippen LogP contribution in [0.2, 0.25) is 0 Å². The third kappa shape index (κ3) is 3.24. The molecular weight excluding hydrogens is 228 g/mol. The monoisotopic (exact) mass is 244 g/mol. The van der Waals surface area contributed by atoms with Crippen molar-refractivity contribution in [1.29, 1.82) is 5.26 Å². The summed E-state index contributed by atoms with van der Waals surface area (Å²) in [7, 11) is 0. The second-order valence-electron chi connectivity index (χ2n) is 4.33. The minimum atomic E-state index is 0.251. The summed E-state index contributed by atoms with van der Waals surface area (Å²) >= 11 is 0. The Bertz CT molecular complexity index is 465. The maximum atomic E-state index is 11.4. The average Bonchev–Trinajstić information content (AvgIpc) is 2.81. The topological polar surface area (TPSA) is 53.3 Å². The third-order valence-corrected chi connectivity index (χ3v) is 2.98. The fourth-order valence-electron chi connectivity index (χ4n) is 2.04. The van der Waals surface area contributed by atoms with Crippen molar-refractivity contribution in [2.75, 3.05) is 19.7 Å². The molecule has 94 valence electrons. The van der Waals surface area contributed by atoms with Crippen molar-refractivity contribution in [3.05, 3.63) is 29.8 Å². The van der Waals surface area contributed by atoms with Crippen molar-refractivity contribution in [3.8, 4) is 11.8 Å². The van der Waals surface area contributed by atoms with Crippen LogP contribution in [-0.2, 0) is 4.79 Å². The molecule has 0 spiro atoms. The van der Waals surface area contributed by atoms with Crippen LogP contribution >= 0.6 is 0 Å². The molecule has 1 saturated heterocycles. The molecule has 0 aliphatic carbocycles. The van der Waals surface area contributed by atoms with Gasteiger partial charge in [0.1, 0.15) is 5.75 Å². The molecule has 0 radical (unpaired) electrons. The lowest BCUT2D eigenvalue weighted by atomic mass is 10.2. The van der Waals surface area contributed by atoms with E-state index in [1.54, 1.807) is 18.2 Å². The second kappa shape index (κ2) is 6.06. The third-order valence-electron chi connectivity index (χ3n) is 2.98. The number of ether oxygens (including phenoxy) is 1. The molecule has 0 N–H and O–H groups in total. The summed E-state index contributed by atoms with van der Waals surface area (Å²) in [6, 6.07) is 9.18. The van der Waals surface area contributed by atoms with Gasteiger partial charge in [0.25, 0.3) is 0 Å². The lowest BCUT2D eigenvalue weighted by molar-refractivity contribution is -0.127. The first-order chi connectivity index (χ1) is 8.79. The van der Waals surface area contributed by atoms with Gasteiger partial charge in [-0.05, 0) is 31.0 Å². The molecule has 0 aromatic heterocycles. The summed E-state index contributed by atoms with van der Waals surface area (Å²) in [5.41, 5.74) is 0.599. The van der Waals surface area contributed by atoms with E-state index in [9.17, 15) is 4.79 Å². The normalized spacial score (nSPS) is 14.6. The van der Waals surface area contributed by atoms with Crippen molar-refractivity contribution < 1.29 is 9.53 Å². The maximum Gasteiger partial charge on any atom is 0.222 e. The van der Waals surface area contributed by atoms with E-state index in [0.717, 1.165) is 25.9 Å². The van der Waals surface area contributed by atoms with Crippen molar-refractivity contribution >= 4 is 5.91 Å². The van der Waals surface area contributed by atoms with Gasteiger partial charge in [0.15, 0.2) is 0 Å². The van der Waals surface area contributed by atoms with Gasteiger partial charge in [0.2, 0.25) is 5.91 Å². The molecule has 0 saturated carbocycles. The Morgan fingerprint density at radius 1 is 1.44 bits per heavy atom. The van der Waals surface area contributed by atoms with Gasteiger partial charge in [-0.15, -0.1) is 0 Å². The van der Waals surface area contributed by atoms with Crippen LogP contribution in [0.5, 0.6) is 5.75 Å². The Labute approximate surface area is 107 Å². The number of carbonyl (C=O) groups is 1. The number of amides is 1. The largest absolute Gasteiger partial charge is 0.493 e. The van der Waals surface area contributed by atoms with Gasteiger partial charge in [-0.2, -0.15) is 5.26 Å². The first-order valence-corrected chi connectivity index (χ1v) is 6.20. The summed E-state index contributed by atoms with van der Waals surface area (Å²) in [5, 5.41) is 8.76. The SMILES string of the molecule is N#Cc1cccc(OCCCN2CCCC2=O)c1. The Morgan fingerprint density at radius 3 is 3.06 bits per heavy atom. The molecule has 1 amide bonds. The van der Waals surface area contributed by atoms with Gasteiger partial charge in [-0.3, -0.25) is 4.79 Å². The second-order valence-corrected chi connectivity index (χ2v) is 4.33. The summed E-state index contributed by atoms with van der Waals surface area (Å²) < 4.78 is 5.55. The van der Waals surface area contributed by atoms with Crippen LogP contribution in [-0.4, -0.2) is 30.5 Å². The highest BCUT2D eigenvalue weighted by Crippen LogP contribution is 2.13. The van der Waals surface area contributed by atoms with Crippen molar-refractivity contribution in [3.63, 3.8) is 0 Å². The average molecular weight is 244 g/mol. The molecule has 1 aliphatic heterocycles. The Balaban J connectivity index is 1.72. The molecule has 18 heavy (non-hydrogen) atoms. The summed E-state index contributed by atoms with van der Waals surface area (Å²) in [6.07, 6.45) is 2.48. The zero-order chi connectivity index (χ0) is 12.8. The number of carbonyl (C=O) groups excluding carboxylic acids is 1. The van der Waals surface area contributed by atoms with E-state index in [-0.39, 0.29) is 5.91 Å². The lowest BCUT2D eigenvalue weighted by Gasteiger charge is -2.15. The summed E-state index contributed by atoms with van der Waals surface area (Å²) in [5.74, 6) is 0.961. The summed E-state index contributed by atoms with van der Waals surface area (Å²) in [4.78, 5) is 13.3. The van der Waals surface area contributed by atoms with E-state index in [2.05, 4.69) is 6.07 Å². The predicted molar refractivity (Wildman–Crippen MR) is 67.1 cm³/mol. The number of benzene rings is 1. The number of nitrogens with zero attached hydrogens (tertiary/aromatic N) is 2. The number of hydrogen-bond donors (Lipinski definition) is 0. The molecule has 0 unspecified atom stereocenters. The minimum Gasteiger partial charge on any atom is -0.493 e. The Kier molecular flexibility index (Phi) is 4.19. The molecule has 0 atom stereocenters. The van der Waals surface area contributed by atoms with Crippen LogP contribution in [0.25, 0.3) is 0 Å². The first-order valence-electron chi connectivity index (χ1n) is 6.20. The molecule has 1 aromatic carbocycles. The van der Waals surface area contributed by atoms with Gasteiger partial charge in [-0.25, -0.2) is 0 Å². The van der Waals surface area contributed by atoms with Gasteiger partial charge < -0.3 is 9.64 Å². The number of nitriles is 1. The van der Waals surface area contributed by atoms with Gasteiger partial charge >= 0.3 is 0 Å². The van der Waals surface area contributed by atoms with Crippen LogP contribution in [0, 0.1) is 11.3 Å². The number of likely N-dealkylation sites (tertiary alicyclic amines) is 1. The molecule has 2 rings (SSSR count). The van der Waals surface area contributed by atoms with E-state index in [1.165, 1.54) is 0 Å². The predicted octanol–water partition coefficient (Wildman–Crippen LogP) is 1.95. The fraction of sp³-hybridized carbons (Fsp3) is 0.429. The highest BCUT2D eigenvalue weighted by atomic mass is 16.5. The molecule has 4 heteroatoms. The zero-order valence-corrected chi connectivity index (χ0v) is 10.3. The quantitative estimate of drug-likeness (QED) is 0.744. The van der Waals surface area contributed by atoms with Crippen molar-refractivity contribution in [2.45, 2.75) is 19.3 Å². The van der Waals surface area contributed by atoms with E-state index < -0.39 is 0 Å². The van der Waals surface area contributed by atoms with E-state index in [1.807, 2.05) is 11.0 Å². The van der Waals surface area contributed by atoms with Gasteiger partial charge in [0.05, 0.1) is 18.2 Å². The molecule has 1 aliphatic rings. The lowest BCUT2D eigenvalue weighted by Crippen LogP contribution is -2.26. The fourth-order valence-corrected chi connectivity index (χ4v) is 2.04. The number of rotatable bonds is 5. The molecule has 1 fully saturated rings. The van der Waals surface area contributed by atoms with Crippen LogP contribution in [0.4, 0.5) is 0 Å². The zero-order valence-electron chi connectivity index (χ0n) is 10.3. The maximum absolute atomic E-state index is 11.4. The highest BCUT2D eigenvalue weighted by molar-refractivity contribution is 5.77. The van der Waals surface area contributed by atoms with Crippen LogP contribution in [0.1, 0.15) is 24.8 Å². The van der Waals surface area contributed by atoms with E-state index in [4.69, 9.17) is 10.00 Å². The van der Waals surface area contributed by atoms with E-state index in [0.29, 0.717) is 24.3 Å². The Morgan fingerprint density at radius 2 is 2.33 bits per heavy atom. The smallest absolute Gasteiger partial charge is 0.222 e. The molecular formula is C14H16N2O2. The first kappa shape index (κ1) is 12.4. The van der Waals surface area contributed by atoms with Gasteiger partial charge in [0, 0.05) is 19.5 Å². The minimum absolute atomic E-state index is 0.251. The van der Waals surface area contributed by atoms with Crippen molar-refractivity contribution in [1.82, 2.24) is 4.90 Å². The molecule has 4 nitrogen and oxygen atoms in total.